The van der Waals surface area contributed by atoms with Crippen LogP contribution in [0.15, 0.2) is 53.5 Å². The number of halogens is 1. The summed E-state index contributed by atoms with van der Waals surface area (Å²) in [7, 11) is 1.77. The van der Waals surface area contributed by atoms with Crippen LogP contribution in [0.1, 0.15) is 18.4 Å². The first-order chi connectivity index (χ1) is 16.0. The van der Waals surface area contributed by atoms with Gasteiger partial charge >= 0.3 is 0 Å². The number of rotatable bonds is 5. The highest BCUT2D eigenvalue weighted by Crippen LogP contribution is 2.24. The summed E-state index contributed by atoms with van der Waals surface area (Å²) in [6.45, 7) is 1.76. The number of aromatic amines is 1. The fraction of sp³-hybridized carbons (Fsp3) is 0.320. The van der Waals surface area contributed by atoms with Gasteiger partial charge in [0.15, 0.2) is 5.82 Å². The van der Waals surface area contributed by atoms with Crippen LogP contribution >= 0.6 is 11.6 Å². The van der Waals surface area contributed by atoms with Crippen LogP contribution in [0.5, 0.6) is 0 Å². The number of anilines is 1. The second-order valence-corrected chi connectivity index (χ2v) is 9.05. The number of piperidine rings is 1. The summed E-state index contributed by atoms with van der Waals surface area (Å²) in [4.78, 5) is 35.7. The number of para-hydroxylation sites is 2. The average Bonchev–Trinajstić information content (AvgIpc) is 3.23. The van der Waals surface area contributed by atoms with Crippen molar-refractivity contribution in [3.05, 3.63) is 69.6 Å². The highest BCUT2D eigenvalue weighted by atomic mass is 35.5. The molecule has 4 aromatic rings. The minimum absolute atomic E-state index is 0.0233. The van der Waals surface area contributed by atoms with Gasteiger partial charge in [-0.3, -0.25) is 9.59 Å². The minimum Gasteiger partial charge on any atom is -0.361 e. The zero-order valence-electron chi connectivity index (χ0n) is 18.5. The second-order valence-electron chi connectivity index (χ2n) is 8.62. The predicted molar refractivity (Wildman–Crippen MR) is 132 cm³/mol. The van der Waals surface area contributed by atoms with Crippen LogP contribution in [-0.4, -0.2) is 40.1 Å². The monoisotopic (exact) mass is 463 g/mol. The minimum atomic E-state index is -0.172. The van der Waals surface area contributed by atoms with Gasteiger partial charge in [0.05, 0.1) is 17.0 Å². The third-order valence-corrected chi connectivity index (χ3v) is 6.72. The topological polar surface area (TPSA) is 83.0 Å². The summed E-state index contributed by atoms with van der Waals surface area (Å²) >= 11 is 6.13. The van der Waals surface area contributed by atoms with Crippen LogP contribution in [0.2, 0.25) is 5.02 Å². The number of hydrogen-bond donors (Lipinski definition) is 2. The molecule has 1 saturated heterocycles. The molecule has 0 saturated carbocycles. The van der Waals surface area contributed by atoms with Crippen molar-refractivity contribution in [2.24, 2.45) is 13.0 Å². The normalized spacial score (nSPS) is 16.4. The fourth-order valence-electron chi connectivity index (χ4n) is 4.68. The highest BCUT2D eigenvalue weighted by molar-refractivity contribution is 6.31. The third-order valence-electron chi connectivity index (χ3n) is 6.48. The Morgan fingerprint density at radius 1 is 1.27 bits per heavy atom. The van der Waals surface area contributed by atoms with Crippen molar-refractivity contribution in [3.8, 4) is 0 Å². The first kappa shape index (κ1) is 21.5. The molecule has 2 aromatic heterocycles. The largest absolute Gasteiger partial charge is 0.361 e. The summed E-state index contributed by atoms with van der Waals surface area (Å²) in [5, 5.41) is 4.86. The Bertz CT molecular complexity index is 1390. The molecule has 0 bridgehead atoms. The van der Waals surface area contributed by atoms with Gasteiger partial charge in [-0.2, -0.15) is 0 Å². The van der Waals surface area contributed by atoms with E-state index in [0.29, 0.717) is 23.9 Å². The van der Waals surface area contributed by atoms with Crippen molar-refractivity contribution in [2.45, 2.75) is 19.3 Å². The Balaban J connectivity index is 1.26. The summed E-state index contributed by atoms with van der Waals surface area (Å²) in [6.07, 6.45) is 4.33. The van der Waals surface area contributed by atoms with E-state index in [1.807, 2.05) is 53.6 Å². The Morgan fingerprint density at radius 3 is 3.00 bits per heavy atom. The van der Waals surface area contributed by atoms with Gasteiger partial charge in [-0.15, -0.1) is 0 Å². The molecule has 1 fully saturated rings. The lowest BCUT2D eigenvalue weighted by Gasteiger charge is -2.32. The number of aromatic nitrogens is 3. The Morgan fingerprint density at radius 2 is 2.12 bits per heavy atom. The zero-order valence-corrected chi connectivity index (χ0v) is 19.2. The maximum absolute atomic E-state index is 12.9. The van der Waals surface area contributed by atoms with E-state index in [9.17, 15) is 9.59 Å². The maximum Gasteiger partial charge on any atom is 0.293 e. The molecule has 0 aliphatic carbocycles. The number of H-pyrrole nitrogens is 1. The van der Waals surface area contributed by atoms with Crippen LogP contribution in [0.3, 0.4) is 0 Å². The molecule has 1 atom stereocenters. The molecule has 8 heteroatoms. The van der Waals surface area contributed by atoms with Crippen LogP contribution in [0.25, 0.3) is 21.9 Å². The molecule has 1 amide bonds. The van der Waals surface area contributed by atoms with Gasteiger partial charge in [-0.25, -0.2) is 4.98 Å². The van der Waals surface area contributed by atoms with E-state index in [-0.39, 0.29) is 17.4 Å². The van der Waals surface area contributed by atoms with Gasteiger partial charge in [0.2, 0.25) is 5.91 Å². The van der Waals surface area contributed by atoms with Crippen molar-refractivity contribution in [1.82, 2.24) is 19.9 Å². The highest BCUT2D eigenvalue weighted by Gasteiger charge is 2.28. The maximum atomic E-state index is 12.9. The summed E-state index contributed by atoms with van der Waals surface area (Å²) in [6, 6.07) is 13.4. The first-order valence-electron chi connectivity index (χ1n) is 11.2. The number of nitrogens with zero attached hydrogens (tertiary/aromatic N) is 3. The number of benzene rings is 2. The third kappa shape index (κ3) is 4.20. The Kier molecular flexibility index (Phi) is 5.81. The van der Waals surface area contributed by atoms with Crippen LogP contribution in [-0.2, 0) is 18.3 Å². The molecule has 0 unspecified atom stereocenters. The molecule has 2 aromatic carbocycles. The van der Waals surface area contributed by atoms with Crippen molar-refractivity contribution in [3.63, 3.8) is 0 Å². The van der Waals surface area contributed by atoms with Crippen molar-refractivity contribution in [2.75, 3.05) is 24.5 Å². The lowest BCUT2D eigenvalue weighted by atomic mass is 9.97. The molecular weight excluding hydrogens is 438 g/mol. The van der Waals surface area contributed by atoms with Gasteiger partial charge in [-0.1, -0.05) is 23.7 Å². The molecular formula is C25H26ClN5O2. The molecule has 0 radical (unpaired) electrons. The number of nitrogens with one attached hydrogen (secondary N) is 2. The quantitative estimate of drug-likeness (QED) is 0.473. The number of carbonyl (C=O) groups is 1. The van der Waals surface area contributed by atoms with Crippen LogP contribution in [0, 0.1) is 5.92 Å². The van der Waals surface area contributed by atoms with E-state index in [1.165, 1.54) is 0 Å². The number of hydrogen-bond acceptors (Lipinski definition) is 4. The molecule has 170 valence electrons. The first-order valence-corrected chi connectivity index (χ1v) is 11.6. The smallest absolute Gasteiger partial charge is 0.293 e. The van der Waals surface area contributed by atoms with Crippen molar-refractivity contribution < 1.29 is 4.79 Å². The average molecular weight is 464 g/mol. The van der Waals surface area contributed by atoms with Gasteiger partial charge in [0.1, 0.15) is 0 Å². The SMILES string of the molecule is Cn1c(=O)c(N2CCC[C@@H](C(=O)NCCc3c[nH]c4ccc(Cl)cc34)C2)nc2ccccc21. The summed E-state index contributed by atoms with van der Waals surface area (Å²) in [5.41, 5.74) is 3.61. The molecule has 1 aliphatic rings. The van der Waals surface area contributed by atoms with E-state index in [4.69, 9.17) is 11.6 Å². The van der Waals surface area contributed by atoms with E-state index >= 15 is 0 Å². The number of fused-ring (bicyclic) bond motifs is 2. The van der Waals surface area contributed by atoms with Gasteiger partial charge in [-0.05, 0) is 55.2 Å². The zero-order chi connectivity index (χ0) is 22.9. The molecule has 5 rings (SSSR count). The number of amides is 1. The molecule has 1 aliphatic heterocycles. The second kappa shape index (κ2) is 8.90. The Labute approximate surface area is 196 Å². The molecule has 33 heavy (non-hydrogen) atoms. The lowest BCUT2D eigenvalue weighted by molar-refractivity contribution is -0.125. The van der Waals surface area contributed by atoms with Crippen molar-refractivity contribution >= 4 is 45.3 Å². The Hall–Kier alpha value is -3.32. The summed E-state index contributed by atoms with van der Waals surface area (Å²) < 4.78 is 1.63. The summed E-state index contributed by atoms with van der Waals surface area (Å²) in [5.74, 6) is 0.272. The lowest BCUT2D eigenvalue weighted by Crippen LogP contribution is -2.45. The van der Waals surface area contributed by atoms with Crippen LogP contribution < -0.4 is 15.8 Å². The predicted octanol–water partition coefficient (Wildman–Crippen LogP) is 3.64. The molecule has 2 N–H and O–H groups in total. The van der Waals surface area contributed by atoms with Gasteiger partial charge in [0.25, 0.3) is 5.56 Å². The molecule has 3 heterocycles. The van der Waals surface area contributed by atoms with Crippen molar-refractivity contribution in [1.29, 1.82) is 0 Å². The number of aryl methyl sites for hydroxylation is 1. The fourth-order valence-corrected chi connectivity index (χ4v) is 4.85. The van der Waals surface area contributed by atoms with E-state index in [2.05, 4.69) is 15.3 Å². The van der Waals surface area contributed by atoms with E-state index < -0.39 is 0 Å². The number of carbonyl (C=O) groups excluding carboxylic acids is 1. The molecule has 7 nitrogen and oxygen atoms in total. The standard InChI is InChI=1S/C25H26ClN5O2/c1-30-22-7-3-2-6-21(22)29-23(25(30)33)31-12-4-5-17(15-31)24(32)27-11-10-16-14-28-20-9-8-18(26)13-19(16)20/h2-3,6-9,13-14,17,28H,4-5,10-12,15H2,1H3,(H,27,32)/t17-/m1/s1. The van der Waals surface area contributed by atoms with E-state index in [1.54, 1.807) is 11.6 Å². The molecule has 0 spiro atoms. The van der Waals surface area contributed by atoms with Gasteiger partial charge < -0.3 is 19.8 Å². The van der Waals surface area contributed by atoms with Gasteiger partial charge in [0, 0.05) is 48.8 Å². The van der Waals surface area contributed by atoms with Crippen LogP contribution in [0.4, 0.5) is 5.82 Å². The van der Waals surface area contributed by atoms with E-state index in [0.717, 1.165) is 53.3 Å².